The number of hydrogen-bond acceptors (Lipinski definition) is 1. The topological polar surface area (TPSA) is 20.2 Å². The maximum Gasteiger partial charge on any atom is 0 e. The van der Waals surface area contributed by atoms with Crippen LogP contribution in [0.1, 0.15) is 0 Å². The fourth-order valence-electron chi connectivity index (χ4n) is 1.14. The molecule has 3 heteroatoms. The van der Waals surface area contributed by atoms with Gasteiger partial charge in [0.25, 0.3) is 0 Å². The third kappa shape index (κ3) is 2.34. The first-order valence-corrected chi connectivity index (χ1v) is 5.54. The molecule has 0 spiro atoms. The molecule has 0 bridgehead atoms. The van der Waals surface area contributed by atoms with Crippen molar-refractivity contribution in [3.05, 3.63) is 41.3 Å². The van der Waals surface area contributed by atoms with E-state index in [9.17, 15) is 5.11 Å². The van der Waals surface area contributed by atoms with Crippen molar-refractivity contribution in [3.8, 4) is 15.8 Å². The zero-order chi connectivity index (χ0) is 8.39. The zero-order valence-electron chi connectivity index (χ0n) is 6.81. The van der Waals surface area contributed by atoms with Crippen LogP contribution in [0, 0.1) is 0 Å². The second-order valence-corrected chi connectivity index (χ2v) is 4.38. The average Bonchev–Trinajstić information content (AvgIpc) is 2.53. The predicted molar refractivity (Wildman–Crippen MR) is 50.5 cm³/mol. The van der Waals surface area contributed by atoms with Crippen LogP contribution in [-0.2, 0) is 21.1 Å². The van der Waals surface area contributed by atoms with Crippen molar-refractivity contribution >= 4 is 14.5 Å². The first-order valence-electron chi connectivity index (χ1n) is 3.70. The summed E-state index contributed by atoms with van der Waals surface area (Å²) < 4.78 is 0.536. The van der Waals surface area contributed by atoms with E-state index < -0.39 is 0 Å². The van der Waals surface area contributed by atoms with Crippen LogP contribution in [0.4, 0.5) is 0 Å². The first-order chi connectivity index (χ1) is 5.88. The molecule has 66 valence electrons. The van der Waals surface area contributed by atoms with Crippen molar-refractivity contribution in [1.29, 1.82) is 0 Å². The molecule has 1 aromatic heterocycles. The van der Waals surface area contributed by atoms with E-state index in [1.807, 2.05) is 41.3 Å². The molecule has 0 atom stereocenters. The Morgan fingerprint density at radius 2 is 1.69 bits per heavy atom. The molecule has 0 amide bonds. The Morgan fingerprint density at radius 3 is 2.23 bits per heavy atom. The molecular weight excluding hydrogens is 399 g/mol. The number of aromatic hydroxyl groups is 1. The van der Waals surface area contributed by atoms with E-state index >= 15 is 0 Å². The van der Waals surface area contributed by atoms with Crippen LogP contribution < -0.4 is 0 Å². The van der Waals surface area contributed by atoms with Gasteiger partial charge in [-0.3, -0.25) is 0 Å². The van der Waals surface area contributed by atoms with Gasteiger partial charge in [0.2, 0.25) is 0 Å². The molecule has 0 radical (unpaired) electrons. The van der Waals surface area contributed by atoms with Gasteiger partial charge in [-0.05, 0) is 0 Å². The Labute approximate surface area is 97.4 Å². The van der Waals surface area contributed by atoms with Crippen LogP contribution in [0.5, 0.6) is 4.62 Å². The van der Waals surface area contributed by atoms with E-state index in [2.05, 4.69) is 0 Å². The molecule has 1 aromatic carbocycles. The SMILES string of the molecule is Oc1[se]ccc1-c1ccccc1.[W]. The van der Waals surface area contributed by atoms with E-state index in [0.29, 0.717) is 4.62 Å². The average molecular weight is 407 g/mol. The second kappa shape index (κ2) is 4.81. The summed E-state index contributed by atoms with van der Waals surface area (Å²) in [6, 6.07) is 12.0. The van der Waals surface area contributed by atoms with E-state index in [0.717, 1.165) is 11.1 Å². The van der Waals surface area contributed by atoms with Crippen LogP contribution in [-0.4, -0.2) is 19.6 Å². The van der Waals surface area contributed by atoms with Gasteiger partial charge < -0.3 is 0 Å². The van der Waals surface area contributed by atoms with Gasteiger partial charge in [0.15, 0.2) is 0 Å². The number of hydrogen-bond donors (Lipinski definition) is 1. The van der Waals surface area contributed by atoms with Crippen LogP contribution in [0.25, 0.3) is 11.1 Å². The van der Waals surface area contributed by atoms with Crippen molar-refractivity contribution in [1.82, 2.24) is 0 Å². The summed E-state index contributed by atoms with van der Waals surface area (Å²) in [5, 5.41) is 9.49. The summed E-state index contributed by atoms with van der Waals surface area (Å²) >= 11 is 0.158. The minimum absolute atomic E-state index is 0. The van der Waals surface area contributed by atoms with Crippen molar-refractivity contribution in [2.75, 3.05) is 0 Å². The Kier molecular flexibility index (Phi) is 3.99. The Hall–Kier alpha value is -0.292. The van der Waals surface area contributed by atoms with Crippen LogP contribution in [0.3, 0.4) is 0 Å². The van der Waals surface area contributed by atoms with Crippen molar-refractivity contribution < 1.29 is 26.2 Å². The predicted octanol–water partition coefficient (Wildman–Crippen LogP) is 2.11. The van der Waals surface area contributed by atoms with Gasteiger partial charge in [0, 0.05) is 21.1 Å². The maximum atomic E-state index is 9.49. The van der Waals surface area contributed by atoms with Crippen molar-refractivity contribution in [2.45, 2.75) is 0 Å². The normalized spacial score (nSPS) is 9.23. The minimum Gasteiger partial charge on any atom is 0 e. The fraction of sp³-hybridized carbons (Fsp3) is 0. The van der Waals surface area contributed by atoms with E-state index in [4.69, 9.17) is 0 Å². The molecule has 2 aromatic rings. The quantitative estimate of drug-likeness (QED) is 0.719. The number of rotatable bonds is 1. The fourth-order valence-corrected chi connectivity index (χ4v) is 2.49. The summed E-state index contributed by atoms with van der Waals surface area (Å²) in [4.78, 5) is 2.03. The molecule has 1 N–H and O–H groups in total. The zero-order valence-corrected chi connectivity index (χ0v) is 11.5. The van der Waals surface area contributed by atoms with Gasteiger partial charge in [-0.25, -0.2) is 0 Å². The van der Waals surface area contributed by atoms with Crippen molar-refractivity contribution in [2.24, 2.45) is 0 Å². The van der Waals surface area contributed by atoms with Gasteiger partial charge in [-0.2, -0.15) is 0 Å². The van der Waals surface area contributed by atoms with E-state index in [1.165, 1.54) is 0 Å². The van der Waals surface area contributed by atoms with Gasteiger partial charge >= 0.3 is 76.7 Å². The van der Waals surface area contributed by atoms with Crippen LogP contribution in [0.15, 0.2) is 41.3 Å². The van der Waals surface area contributed by atoms with Gasteiger partial charge in [-0.1, -0.05) is 0 Å². The van der Waals surface area contributed by atoms with Crippen LogP contribution >= 0.6 is 0 Å². The standard InChI is InChI=1S/C10H8OSe.W/c11-10-9(6-7-12-10)8-4-2-1-3-5-8;/h1-7,11H;. The van der Waals surface area contributed by atoms with Crippen molar-refractivity contribution in [3.63, 3.8) is 0 Å². The Morgan fingerprint density at radius 1 is 1.00 bits per heavy atom. The molecule has 0 aliphatic rings. The molecule has 2 rings (SSSR count). The molecule has 13 heavy (non-hydrogen) atoms. The largest absolute Gasteiger partial charge is 0 e. The molecular formula is C10H8OSeW. The molecule has 0 saturated carbocycles. The molecule has 0 fully saturated rings. The molecule has 1 nitrogen and oxygen atoms in total. The summed E-state index contributed by atoms with van der Waals surface area (Å²) in [5.41, 5.74) is 2.08. The maximum absolute atomic E-state index is 9.49. The molecule has 0 unspecified atom stereocenters. The Bertz CT molecular complexity index is 369. The Balaban J connectivity index is 0.000000845. The van der Waals surface area contributed by atoms with Gasteiger partial charge in [-0.15, -0.1) is 0 Å². The molecule has 1 heterocycles. The third-order valence-corrected chi connectivity index (χ3v) is 3.23. The summed E-state index contributed by atoms with van der Waals surface area (Å²) in [6.45, 7) is 0. The van der Waals surface area contributed by atoms with Gasteiger partial charge in [0.05, 0.1) is 0 Å². The summed E-state index contributed by atoms with van der Waals surface area (Å²) in [7, 11) is 0. The molecule has 0 aliphatic carbocycles. The molecule has 0 saturated heterocycles. The minimum atomic E-state index is 0. The number of benzene rings is 1. The van der Waals surface area contributed by atoms with Gasteiger partial charge in [0.1, 0.15) is 0 Å². The second-order valence-electron chi connectivity index (χ2n) is 2.51. The molecule has 0 aliphatic heterocycles. The summed E-state index contributed by atoms with van der Waals surface area (Å²) in [5.74, 6) is 0. The first kappa shape index (κ1) is 10.8. The smallest absolute Gasteiger partial charge is 0 e. The third-order valence-electron chi connectivity index (χ3n) is 1.73. The summed E-state index contributed by atoms with van der Waals surface area (Å²) in [6.07, 6.45) is 0. The van der Waals surface area contributed by atoms with E-state index in [1.54, 1.807) is 0 Å². The monoisotopic (exact) mass is 408 g/mol. The van der Waals surface area contributed by atoms with E-state index in [-0.39, 0.29) is 35.6 Å². The van der Waals surface area contributed by atoms with Crippen LogP contribution in [0.2, 0.25) is 0 Å².